The second-order valence-corrected chi connectivity index (χ2v) is 3.49. The molecule has 0 aliphatic rings. The van der Waals surface area contributed by atoms with E-state index in [9.17, 15) is 4.79 Å². The highest BCUT2D eigenvalue weighted by molar-refractivity contribution is 5.73. The summed E-state index contributed by atoms with van der Waals surface area (Å²) in [4.78, 5) is 10.6. The highest BCUT2D eigenvalue weighted by atomic mass is 16.1. The van der Waals surface area contributed by atoms with Gasteiger partial charge in [0.25, 0.3) is 0 Å². The topological polar surface area (TPSA) is 60.9 Å². The van der Waals surface area contributed by atoms with E-state index >= 15 is 0 Å². The van der Waals surface area contributed by atoms with Crippen molar-refractivity contribution in [3.8, 4) is 0 Å². The van der Waals surface area contributed by atoms with E-state index in [0.717, 1.165) is 5.69 Å². The standard InChI is InChI=1S/C9H15N3O/c1-6(2)8-4-12(5-9(10)13)11-7(8)3/h4,6H,5H2,1-3H3,(H2,10,13). The number of nitrogens with zero attached hydrogens (tertiary/aromatic N) is 2. The molecule has 0 aliphatic heterocycles. The van der Waals surface area contributed by atoms with E-state index in [0.29, 0.717) is 5.92 Å². The second-order valence-electron chi connectivity index (χ2n) is 3.49. The van der Waals surface area contributed by atoms with Gasteiger partial charge in [-0.1, -0.05) is 13.8 Å². The molecule has 0 unspecified atom stereocenters. The molecule has 1 heterocycles. The molecule has 1 amide bonds. The van der Waals surface area contributed by atoms with E-state index in [1.807, 2.05) is 13.1 Å². The third-order valence-corrected chi connectivity index (χ3v) is 1.92. The summed E-state index contributed by atoms with van der Waals surface area (Å²) in [6.07, 6.45) is 1.88. The molecule has 1 aromatic heterocycles. The number of carbonyl (C=O) groups is 1. The minimum atomic E-state index is -0.363. The molecule has 4 nitrogen and oxygen atoms in total. The van der Waals surface area contributed by atoms with Gasteiger partial charge in [0.05, 0.1) is 5.69 Å². The number of rotatable bonds is 3. The summed E-state index contributed by atoms with van der Waals surface area (Å²) in [5, 5.41) is 4.19. The number of hydrogen-bond donors (Lipinski definition) is 1. The number of hydrogen-bond acceptors (Lipinski definition) is 2. The van der Waals surface area contributed by atoms with Crippen molar-refractivity contribution in [2.75, 3.05) is 0 Å². The molecule has 1 rings (SSSR count). The van der Waals surface area contributed by atoms with E-state index in [1.54, 1.807) is 4.68 Å². The van der Waals surface area contributed by atoms with Gasteiger partial charge in [-0.05, 0) is 18.4 Å². The molecular weight excluding hydrogens is 166 g/mol. The largest absolute Gasteiger partial charge is 0.368 e. The lowest BCUT2D eigenvalue weighted by Crippen LogP contribution is -2.18. The van der Waals surface area contributed by atoms with Gasteiger partial charge in [-0.15, -0.1) is 0 Å². The van der Waals surface area contributed by atoms with Crippen molar-refractivity contribution >= 4 is 5.91 Å². The van der Waals surface area contributed by atoms with E-state index < -0.39 is 0 Å². The van der Waals surface area contributed by atoms with E-state index in [1.165, 1.54) is 5.56 Å². The van der Waals surface area contributed by atoms with Crippen LogP contribution in [0.15, 0.2) is 6.20 Å². The maximum absolute atomic E-state index is 10.6. The average molecular weight is 181 g/mol. The molecule has 0 saturated carbocycles. The summed E-state index contributed by atoms with van der Waals surface area (Å²) < 4.78 is 1.59. The molecule has 0 aromatic carbocycles. The fourth-order valence-corrected chi connectivity index (χ4v) is 1.34. The Balaban J connectivity index is 2.88. The highest BCUT2D eigenvalue weighted by Gasteiger charge is 2.08. The molecule has 72 valence electrons. The van der Waals surface area contributed by atoms with Crippen LogP contribution in [-0.2, 0) is 11.3 Å². The van der Waals surface area contributed by atoms with Crippen molar-refractivity contribution in [3.05, 3.63) is 17.5 Å². The first-order valence-electron chi connectivity index (χ1n) is 4.33. The van der Waals surface area contributed by atoms with Crippen LogP contribution in [0.3, 0.4) is 0 Å². The number of amides is 1. The van der Waals surface area contributed by atoms with Crippen LogP contribution in [0.25, 0.3) is 0 Å². The van der Waals surface area contributed by atoms with Gasteiger partial charge in [0, 0.05) is 6.20 Å². The summed E-state index contributed by atoms with van der Waals surface area (Å²) in [7, 11) is 0. The van der Waals surface area contributed by atoms with Crippen molar-refractivity contribution in [3.63, 3.8) is 0 Å². The first kappa shape index (κ1) is 9.77. The maximum atomic E-state index is 10.6. The summed E-state index contributed by atoms with van der Waals surface area (Å²) in [6, 6.07) is 0. The smallest absolute Gasteiger partial charge is 0.239 e. The Labute approximate surface area is 77.7 Å². The zero-order chi connectivity index (χ0) is 10.0. The first-order valence-corrected chi connectivity index (χ1v) is 4.33. The molecule has 0 radical (unpaired) electrons. The fraction of sp³-hybridized carbons (Fsp3) is 0.556. The Morgan fingerprint density at radius 3 is 2.69 bits per heavy atom. The highest BCUT2D eigenvalue weighted by Crippen LogP contribution is 2.16. The van der Waals surface area contributed by atoms with Crippen LogP contribution in [0.1, 0.15) is 31.0 Å². The zero-order valence-electron chi connectivity index (χ0n) is 8.24. The minimum absolute atomic E-state index is 0.160. The van der Waals surface area contributed by atoms with Gasteiger partial charge in [0.15, 0.2) is 0 Å². The molecule has 0 spiro atoms. The van der Waals surface area contributed by atoms with E-state index in [-0.39, 0.29) is 12.5 Å². The molecule has 0 atom stereocenters. The quantitative estimate of drug-likeness (QED) is 0.749. The lowest BCUT2D eigenvalue weighted by molar-refractivity contribution is -0.118. The van der Waals surface area contributed by atoms with Crippen LogP contribution in [0.4, 0.5) is 0 Å². The number of aromatic nitrogens is 2. The number of primary amides is 1. The van der Waals surface area contributed by atoms with Crippen LogP contribution >= 0.6 is 0 Å². The third kappa shape index (κ3) is 2.31. The van der Waals surface area contributed by atoms with Crippen molar-refractivity contribution in [2.24, 2.45) is 5.73 Å². The SMILES string of the molecule is Cc1nn(CC(N)=O)cc1C(C)C. The molecule has 13 heavy (non-hydrogen) atoms. The summed E-state index contributed by atoms with van der Waals surface area (Å²) in [5.74, 6) is 0.0689. The van der Waals surface area contributed by atoms with E-state index in [4.69, 9.17) is 5.73 Å². The Bertz CT molecular complexity index is 315. The monoisotopic (exact) mass is 181 g/mol. The predicted octanol–water partition coefficient (Wildman–Crippen LogP) is 0.800. The number of carbonyl (C=O) groups excluding carboxylic acids is 1. The van der Waals surface area contributed by atoms with Gasteiger partial charge in [-0.25, -0.2) is 0 Å². The van der Waals surface area contributed by atoms with Gasteiger partial charge in [-0.3, -0.25) is 9.48 Å². The fourth-order valence-electron chi connectivity index (χ4n) is 1.34. The molecular formula is C9H15N3O. The molecule has 1 aromatic rings. The van der Waals surface area contributed by atoms with Gasteiger partial charge < -0.3 is 5.73 Å². The Morgan fingerprint density at radius 2 is 2.31 bits per heavy atom. The minimum Gasteiger partial charge on any atom is -0.368 e. The van der Waals surface area contributed by atoms with Crippen LogP contribution < -0.4 is 5.73 Å². The first-order chi connectivity index (χ1) is 6.00. The van der Waals surface area contributed by atoms with Crippen LogP contribution in [0, 0.1) is 6.92 Å². The molecule has 0 bridgehead atoms. The van der Waals surface area contributed by atoms with Crippen molar-refractivity contribution in [2.45, 2.75) is 33.2 Å². The van der Waals surface area contributed by atoms with Crippen LogP contribution in [-0.4, -0.2) is 15.7 Å². The number of nitrogens with two attached hydrogens (primary N) is 1. The molecule has 0 fully saturated rings. The normalized spacial score (nSPS) is 10.8. The van der Waals surface area contributed by atoms with E-state index in [2.05, 4.69) is 18.9 Å². The predicted molar refractivity (Wildman–Crippen MR) is 50.2 cm³/mol. The molecule has 4 heteroatoms. The zero-order valence-corrected chi connectivity index (χ0v) is 8.24. The maximum Gasteiger partial charge on any atom is 0.239 e. The molecule has 2 N–H and O–H groups in total. The molecule has 0 aliphatic carbocycles. The summed E-state index contributed by atoms with van der Waals surface area (Å²) in [6.45, 7) is 6.29. The third-order valence-electron chi connectivity index (χ3n) is 1.92. The van der Waals surface area contributed by atoms with Crippen LogP contribution in [0.5, 0.6) is 0 Å². The second kappa shape index (κ2) is 3.60. The Kier molecular flexibility index (Phi) is 2.70. The Hall–Kier alpha value is -1.32. The Morgan fingerprint density at radius 1 is 1.69 bits per heavy atom. The van der Waals surface area contributed by atoms with Gasteiger partial charge >= 0.3 is 0 Å². The van der Waals surface area contributed by atoms with Crippen molar-refractivity contribution < 1.29 is 4.79 Å². The van der Waals surface area contributed by atoms with Crippen molar-refractivity contribution in [1.29, 1.82) is 0 Å². The summed E-state index contributed by atoms with van der Waals surface area (Å²) in [5.41, 5.74) is 7.20. The average Bonchev–Trinajstić information content (AvgIpc) is 2.29. The summed E-state index contributed by atoms with van der Waals surface area (Å²) >= 11 is 0. The van der Waals surface area contributed by atoms with Gasteiger partial charge in [0.2, 0.25) is 5.91 Å². The van der Waals surface area contributed by atoms with Gasteiger partial charge in [0.1, 0.15) is 6.54 Å². The van der Waals surface area contributed by atoms with Crippen LogP contribution in [0.2, 0.25) is 0 Å². The lowest BCUT2D eigenvalue weighted by Gasteiger charge is -1.99. The van der Waals surface area contributed by atoms with Crippen molar-refractivity contribution in [1.82, 2.24) is 9.78 Å². The van der Waals surface area contributed by atoms with Gasteiger partial charge in [-0.2, -0.15) is 5.10 Å². The molecule has 0 saturated heterocycles. The lowest BCUT2D eigenvalue weighted by atomic mass is 10.1. The number of aryl methyl sites for hydroxylation is 1.